The number of carbonyl (C=O) groups excluding carboxylic acids is 1. The Balaban J connectivity index is 0.00000101. The quantitative estimate of drug-likeness (QED) is 0.587. The Morgan fingerprint density at radius 3 is 2.57 bits per heavy atom. The molecule has 1 aromatic heterocycles. The van der Waals surface area contributed by atoms with E-state index in [4.69, 9.17) is 26.2 Å². The summed E-state index contributed by atoms with van der Waals surface area (Å²) in [7, 11) is 0. The van der Waals surface area contributed by atoms with E-state index in [-0.39, 0.29) is 18.3 Å². The van der Waals surface area contributed by atoms with Gasteiger partial charge in [0.25, 0.3) is 6.47 Å². The Hall–Kier alpha value is -1.68. The molecule has 170 valence electrons. The summed E-state index contributed by atoms with van der Waals surface area (Å²) >= 11 is 5.91. The average molecular weight is 445 g/mol. The van der Waals surface area contributed by atoms with Crippen LogP contribution in [-0.2, 0) is 20.9 Å². The SMILES string of the molecule is CC(C)C(=O)N[C@@]1(C)CCOC2(CCN(CCn3cc(Cl)cn3)CC2)[C@@H]1O.O=CO. The van der Waals surface area contributed by atoms with Gasteiger partial charge in [0.1, 0.15) is 6.10 Å². The number of nitrogens with zero attached hydrogens (tertiary/aromatic N) is 3. The van der Waals surface area contributed by atoms with Crippen molar-refractivity contribution in [3.8, 4) is 0 Å². The van der Waals surface area contributed by atoms with Crippen LogP contribution in [-0.4, -0.2) is 80.8 Å². The number of aromatic nitrogens is 2. The Morgan fingerprint density at radius 2 is 2.03 bits per heavy atom. The molecule has 3 N–H and O–H groups in total. The number of hydrogen-bond acceptors (Lipinski definition) is 6. The molecule has 2 atom stereocenters. The first-order valence-electron chi connectivity index (χ1n) is 10.3. The van der Waals surface area contributed by atoms with Gasteiger partial charge in [-0.1, -0.05) is 25.4 Å². The number of aliphatic hydroxyl groups is 1. The monoisotopic (exact) mass is 444 g/mol. The number of likely N-dealkylation sites (tertiary alicyclic amines) is 1. The summed E-state index contributed by atoms with van der Waals surface area (Å²) < 4.78 is 7.95. The van der Waals surface area contributed by atoms with Crippen LogP contribution in [0.2, 0.25) is 5.02 Å². The van der Waals surface area contributed by atoms with Gasteiger partial charge in [0.15, 0.2) is 0 Å². The molecule has 0 aliphatic carbocycles. The van der Waals surface area contributed by atoms with E-state index in [1.807, 2.05) is 31.6 Å². The second kappa shape index (κ2) is 10.6. The number of hydrogen-bond donors (Lipinski definition) is 3. The third-order valence-corrected chi connectivity index (χ3v) is 6.19. The number of carboxylic acid groups (broad SMARTS) is 1. The maximum absolute atomic E-state index is 12.2. The number of nitrogens with one attached hydrogen (secondary N) is 1. The van der Waals surface area contributed by atoms with Gasteiger partial charge in [-0.05, 0) is 26.2 Å². The highest BCUT2D eigenvalue weighted by molar-refractivity contribution is 6.30. The molecule has 0 unspecified atom stereocenters. The molecule has 0 aromatic carbocycles. The summed E-state index contributed by atoms with van der Waals surface area (Å²) in [5.41, 5.74) is -1.23. The Kier molecular flexibility index (Phi) is 8.66. The van der Waals surface area contributed by atoms with E-state index in [1.165, 1.54) is 0 Å². The van der Waals surface area contributed by atoms with Crippen LogP contribution < -0.4 is 5.32 Å². The van der Waals surface area contributed by atoms with Crippen LogP contribution in [0.4, 0.5) is 0 Å². The molecule has 0 bridgehead atoms. The normalized spacial score (nSPS) is 26.1. The average Bonchev–Trinajstić information content (AvgIpc) is 3.11. The maximum Gasteiger partial charge on any atom is 0.290 e. The lowest BCUT2D eigenvalue weighted by Crippen LogP contribution is -2.69. The van der Waals surface area contributed by atoms with Crippen molar-refractivity contribution in [3.63, 3.8) is 0 Å². The predicted octanol–water partition coefficient (Wildman–Crippen LogP) is 1.38. The van der Waals surface area contributed by atoms with E-state index in [0.717, 1.165) is 39.0 Å². The Labute approximate surface area is 182 Å². The molecule has 2 aliphatic heterocycles. The fourth-order valence-corrected chi connectivity index (χ4v) is 4.25. The van der Waals surface area contributed by atoms with Crippen LogP contribution in [0.3, 0.4) is 0 Å². The van der Waals surface area contributed by atoms with Crippen LogP contribution in [0.15, 0.2) is 12.4 Å². The zero-order valence-corrected chi connectivity index (χ0v) is 18.6. The molecule has 9 nitrogen and oxygen atoms in total. The van der Waals surface area contributed by atoms with E-state index >= 15 is 0 Å². The van der Waals surface area contributed by atoms with Crippen molar-refractivity contribution in [2.75, 3.05) is 26.2 Å². The first-order valence-corrected chi connectivity index (χ1v) is 10.7. The van der Waals surface area contributed by atoms with Crippen LogP contribution in [0.5, 0.6) is 0 Å². The molecule has 3 rings (SSSR count). The second-order valence-corrected chi connectivity index (χ2v) is 8.93. The van der Waals surface area contributed by atoms with Crippen LogP contribution in [0.1, 0.15) is 40.0 Å². The fraction of sp³-hybridized carbons (Fsp3) is 0.750. The first-order chi connectivity index (χ1) is 14.2. The number of rotatable bonds is 5. The molecule has 1 spiro atoms. The van der Waals surface area contributed by atoms with Crippen molar-refractivity contribution in [1.82, 2.24) is 20.0 Å². The van der Waals surface area contributed by atoms with E-state index in [9.17, 15) is 9.90 Å². The van der Waals surface area contributed by atoms with Gasteiger partial charge in [-0.15, -0.1) is 0 Å². The zero-order valence-electron chi connectivity index (χ0n) is 17.9. The van der Waals surface area contributed by atoms with Gasteiger partial charge in [-0.25, -0.2) is 0 Å². The molecular weight excluding hydrogens is 412 g/mol. The molecular formula is C20H33ClN4O5. The summed E-state index contributed by atoms with van der Waals surface area (Å²) in [6.07, 6.45) is 4.88. The third-order valence-electron chi connectivity index (χ3n) is 6.00. The van der Waals surface area contributed by atoms with E-state index in [2.05, 4.69) is 15.3 Å². The summed E-state index contributed by atoms with van der Waals surface area (Å²) in [4.78, 5) is 22.9. The molecule has 2 aliphatic rings. The number of piperidine rings is 1. The molecule has 0 radical (unpaired) electrons. The van der Waals surface area contributed by atoms with Gasteiger partial charge in [-0.2, -0.15) is 5.10 Å². The molecule has 1 aromatic rings. The number of halogens is 1. The number of amides is 1. The summed E-state index contributed by atoms with van der Waals surface area (Å²) in [6.45, 7) is 9.34. The third kappa shape index (κ3) is 5.94. The molecule has 0 saturated carbocycles. The summed E-state index contributed by atoms with van der Waals surface area (Å²) in [5, 5.41) is 26.0. The standard InChI is InChI=1S/C19H31ClN4O3.CH2O2/c1-14(2)16(25)22-18(3)6-11-27-19(17(18)26)4-7-23(8-5-19)9-10-24-13-15(20)12-21-24;2-1-3/h12-14,17,26H,4-11H2,1-3H3,(H,22,25);1H,(H,2,3)/t17-,18+;/m1./s1. The van der Waals surface area contributed by atoms with E-state index < -0.39 is 17.2 Å². The smallest absolute Gasteiger partial charge is 0.290 e. The van der Waals surface area contributed by atoms with Crippen molar-refractivity contribution in [2.24, 2.45) is 5.92 Å². The van der Waals surface area contributed by atoms with Gasteiger partial charge in [0, 0.05) is 38.4 Å². The number of carbonyl (C=O) groups is 2. The lowest BCUT2D eigenvalue weighted by atomic mass is 9.73. The van der Waals surface area contributed by atoms with Crippen LogP contribution >= 0.6 is 11.6 Å². The highest BCUT2D eigenvalue weighted by Crippen LogP contribution is 2.40. The minimum absolute atomic E-state index is 0.0241. The van der Waals surface area contributed by atoms with Crippen molar-refractivity contribution in [3.05, 3.63) is 17.4 Å². The number of aliphatic hydroxyl groups excluding tert-OH is 1. The number of ether oxygens (including phenoxy) is 1. The fourth-order valence-electron chi connectivity index (χ4n) is 4.10. The van der Waals surface area contributed by atoms with Gasteiger partial charge in [0.05, 0.1) is 28.9 Å². The van der Waals surface area contributed by atoms with Crippen molar-refractivity contribution in [2.45, 2.75) is 63.8 Å². The lowest BCUT2D eigenvalue weighted by Gasteiger charge is -2.53. The van der Waals surface area contributed by atoms with Crippen molar-refractivity contribution >= 4 is 24.0 Å². The highest BCUT2D eigenvalue weighted by Gasteiger charge is 2.53. The second-order valence-electron chi connectivity index (χ2n) is 8.50. The van der Waals surface area contributed by atoms with E-state index in [0.29, 0.717) is 18.1 Å². The molecule has 30 heavy (non-hydrogen) atoms. The van der Waals surface area contributed by atoms with Crippen LogP contribution in [0, 0.1) is 5.92 Å². The van der Waals surface area contributed by atoms with Gasteiger partial charge < -0.3 is 25.2 Å². The highest BCUT2D eigenvalue weighted by atomic mass is 35.5. The van der Waals surface area contributed by atoms with Gasteiger partial charge >= 0.3 is 0 Å². The van der Waals surface area contributed by atoms with Gasteiger partial charge in [-0.3, -0.25) is 14.3 Å². The molecule has 2 saturated heterocycles. The zero-order chi connectivity index (χ0) is 22.4. The van der Waals surface area contributed by atoms with Gasteiger partial charge in [0.2, 0.25) is 5.91 Å². The van der Waals surface area contributed by atoms with Crippen molar-refractivity contribution < 1.29 is 24.5 Å². The molecule has 2 fully saturated rings. The lowest BCUT2D eigenvalue weighted by molar-refractivity contribution is -0.208. The van der Waals surface area contributed by atoms with Crippen LogP contribution in [0.25, 0.3) is 0 Å². The predicted molar refractivity (Wildman–Crippen MR) is 112 cm³/mol. The van der Waals surface area contributed by atoms with Crippen molar-refractivity contribution in [1.29, 1.82) is 0 Å². The first kappa shape index (κ1) is 24.6. The Bertz CT molecular complexity index is 705. The molecule has 3 heterocycles. The summed E-state index contributed by atoms with van der Waals surface area (Å²) in [6, 6.07) is 0. The molecule has 10 heteroatoms. The minimum atomic E-state index is -0.714. The topological polar surface area (TPSA) is 117 Å². The maximum atomic E-state index is 12.2. The minimum Gasteiger partial charge on any atom is -0.483 e. The summed E-state index contributed by atoms with van der Waals surface area (Å²) in [5.74, 6) is -0.130. The largest absolute Gasteiger partial charge is 0.483 e. The molecule has 1 amide bonds. The Morgan fingerprint density at radius 1 is 1.40 bits per heavy atom. The van der Waals surface area contributed by atoms with E-state index in [1.54, 1.807) is 6.20 Å².